The van der Waals surface area contributed by atoms with Gasteiger partial charge in [-0.05, 0) is 32.0 Å². The number of benzene rings is 1. The van der Waals surface area contributed by atoms with Gasteiger partial charge in [0.15, 0.2) is 0 Å². The first-order valence-corrected chi connectivity index (χ1v) is 7.61. The van der Waals surface area contributed by atoms with E-state index >= 15 is 0 Å². The van der Waals surface area contributed by atoms with Crippen LogP contribution in [0.3, 0.4) is 0 Å². The van der Waals surface area contributed by atoms with E-state index in [1.807, 2.05) is 19.9 Å². The number of allylic oxidation sites excluding steroid dienone is 1. The highest BCUT2D eigenvalue weighted by Gasteiger charge is 2.13. The summed E-state index contributed by atoms with van der Waals surface area (Å²) >= 11 is 12.0. The Kier molecular flexibility index (Phi) is 5.64. The van der Waals surface area contributed by atoms with Crippen molar-refractivity contribution in [1.82, 2.24) is 4.98 Å². The highest BCUT2D eigenvalue weighted by Crippen LogP contribution is 2.29. The molecule has 2 rings (SSSR count). The first-order valence-electron chi connectivity index (χ1n) is 6.85. The van der Waals surface area contributed by atoms with E-state index in [1.54, 1.807) is 25.3 Å². The van der Waals surface area contributed by atoms with Crippen LogP contribution in [0.1, 0.15) is 29.8 Å². The number of pyridine rings is 1. The lowest BCUT2D eigenvalue weighted by atomic mass is 10.1. The van der Waals surface area contributed by atoms with E-state index < -0.39 is 0 Å². The van der Waals surface area contributed by atoms with Crippen LogP contribution < -0.4 is 10.1 Å². The number of anilines is 1. The zero-order valence-corrected chi connectivity index (χ0v) is 14.5. The van der Waals surface area contributed by atoms with Gasteiger partial charge < -0.3 is 10.1 Å². The topological polar surface area (TPSA) is 51.2 Å². The molecule has 0 radical (unpaired) electrons. The Hall–Kier alpha value is -2.04. The zero-order valence-electron chi connectivity index (χ0n) is 13.0. The van der Waals surface area contributed by atoms with E-state index in [1.165, 1.54) is 12.4 Å². The number of aromatic nitrogens is 1. The van der Waals surface area contributed by atoms with Crippen LogP contribution in [-0.4, -0.2) is 18.0 Å². The summed E-state index contributed by atoms with van der Waals surface area (Å²) in [5.41, 5.74) is 2.74. The summed E-state index contributed by atoms with van der Waals surface area (Å²) in [6.45, 7) is 3.95. The molecule has 6 heteroatoms. The Labute approximate surface area is 145 Å². The molecule has 0 atom stereocenters. The highest BCUT2D eigenvalue weighted by atomic mass is 35.5. The maximum atomic E-state index is 12.4. The molecule has 0 spiro atoms. The Balaban J connectivity index is 2.35. The molecule has 0 aliphatic carbocycles. The van der Waals surface area contributed by atoms with Crippen LogP contribution in [0, 0.1) is 0 Å². The van der Waals surface area contributed by atoms with E-state index in [-0.39, 0.29) is 16.0 Å². The Morgan fingerprint density at radius 1 is 1.22 bits per heavy atom. The Bertz CT molecular complexity index is 749. The molecule has 1 heterocycles. The average molecular weight is 351 g/mol. The predicted octanol–water partition coefficient (Wildman–Crippen LogP) is 5.07. The fourth-order valence-electron chi connectivity index (χ4n) is 2.02. The van der Waals surface area contributed by atoms with Crippen molar-refractivity contribution in [2.75, 3.05) is 12.4 Å². The highest BCUT2D eigenvalue weighted by molar-refractivity contribution is 6.39. The molecule has 1 aromatic heterocycles. The van der Waals surface area contributed by atoms with Gasteiger partial charge in [0.25, 0.3) is 5.91 Å². The van der Waals surface area contributed by atoms with Gasteiger partial charge in [-0.1, -0.05) is 34.9 Å². The van der Waals surface area contributed by atoms with Crippen molar-refractivity contribution < 1.29 is 9.53 Å². The maximum Gasteiger partial charge on any atom is 0.255 e. The first-order chi connectivity index (χ1) is 10.9. The van der Waals surface area contributed by atoms with Crippen molar-refractivity contribution >= 4 is 40.9 Å². The molecule has 0 aliphatic rings. The summed E-state index contributed by atoms with van der Waals surface area (Å²) < 4.78 is 5.31. The molecule has 1 aromatic carbocycles. The van der Waals surface area contributed by atoms with Crippen molar-refractivity contribution in [3.63, 3.8) is 0 Å². The molecular formula is C17H16Cl2N2O2. The number of nitrogens with one attached hydrogen (secondary N) is 1. The molecule has 0 saturated carbocycles. The second-order valence-corrected chi connectivity index (χ2v) is 5.93. The molecular weight excluding hydrogens is 335 g/mol. The molecule has 4 nitrogen and oxygen atoms in total. The third-order valence-corrected chi connectivity index (χ3v) is 3.60. The summed E-state index contributed by atoms with van der Waals surface area (Å²) in [4.78, 5) is 16.3. The molecule has 2 aromatic rings. The van der Waals surface area contributed by atoms with Crippen LogP contribution in [0.15, 0.2) is 36.2 Å². The first kappa shape index (κ1) is 17.3. The SMILES string of the molecule is COc1ccc(C(=O)Nc2c(Cl)cncc2Cl)cc1C=C(C)C. The normalized spacial score (nSPS) is 10.1. The van der Waals surface area contributed by atoms with Gasteiger partial charge in [0.05, 0.1) is 22.8 Å². The number of hydrogen-bond acceptors (Lipinski definition) is 3. The lowest BCUT2D eigenvalue weighted by Crippen LogP contribution is -2.13. The molecule has 120 valence electrons. The van der Waals surface area contributed by atoms with E-state index in [0.717, 1.165) is 11.1 Å². The van der Waals surface area contributed by atoms with E-state index in [9.17, 15) is 4.79 Å². The molecule has 1 amide bonds. The summed E-state index contributed by atoms with van der Waals surface area (Å²) in [7, 11) is 1.59. The van der Waals surface area contributed by atoms with E-state index in [0.29, 0.717) is 17.0 Å². The van der Waals surface area contributed by atoms with Crippen molar-refractivity contribution in [2.24, 2.45) is 0 Å². The van der Waals surface area contributed by atoms with Crippen LogP contribution in [0.25, 0.3) is 6.08 Å². The van der Waals surface area contributed by atoms with Gasteiger partial charge in [0.2, 0.25) is 0 Å². The molecule has 0 fully saturated rings. The van der Waals surface area contributed by atoms with Gasteiger partial charge in [-0.15, -0.1) is 0 Å². The van der Waals surface area contributed by atoms with E-state index in [4.69, 9.17) is 27.9 Å². The second kappa shape index (κ2) is 7.49. The Morgan fingerprint density at radius 3 is 2.43 bits per heavy atom. The third-order valence-electron chi connectivity index (χ3n) is 3.03. The zero-order chi connectivity index (χ0) is 17.0. The largest absolute Gasteiger partial charge is 0.496 e. The fraction of sp³-hybridized carbons (Fsp3) is 0.176. The van der Waals surface area contributed by atoms with Gasteiger partial charge >= 0.3 is 0 Å². The summed E-state index contributed by atoms with van der Waals surface area (Å²) in [5, 5.41) is 3.27. The number of halogens is 2. The lowest BCUT2D eigenvalue weighted by Gasteiger charge is -2.11. The number of nitrogens with zero attached hydrogens (tertiary/aromatic N) is 1. The molecule has 0 bridgehead atoms. The molecule has 1 N–H and O–H groups in total. The standard InChI is InChI=1S/C17H16Cl2N2O2/c1-10(2)6-12-7-11(4-5-15(12)23-3)17(22)21-16-13(18)8-20-9-14(16)19/h4-9H,1-3H3,(H,20,21,22). The summed E-state index contributed by atoms with van der Waals surface area (Å²) in [5.74, 6) is 0.383. The molecule has 0 unspecified atom stereocenters. The monoisotopic (exact) mass is 350 g/mol. The maximum absolute atomic E-state index is 12.4. The summed E-state index contributed by atoms with van der Waals surface area (Å²) in [6, 6.07) is 5.18. The van der Waals surface area contributed by atoms with E-state index in [2.05, 4.69) is 10.3 Å². The van der Waals surface area contributed by atoms with Crippen LogP contribution in [0.5, 0.6) is 5.75 Å². The number of amides is 1. The van der Waals surface area contributed by atoms with Crippen molar-refractivity contribution in [2.45, 2.75) is 13.8 Å². The summed E-state index contributed by atoms with van der Waals surface area (Å²) in [6.07, 6.45) is 4.79. The fourth-order valence-corrected chi connectivity index (χ4v) is 2.47. The number of hydrogen-bond donors (Lipinski definition) is 1. The van der Waals surface area contributed by atoms with Crippen LogP contribution >= 0.6 is 23.2 Å². The number of carbonyl (C=O) groups excluding carboxylic acids is 1. The third kappa shape index (κ3) is 4.24. The smallest absolute Gasteiger partial charge is 0.255 e. The van der Waals surface area contributed by atoms with Crippen LogP contribution in [-0.2, 0) is 0 Å². The number of methoxy groups -OCH3 is 1. The number of carbonyl (C=O) groups is 1. The van der Waals surface area contributed by atoms with Crippen molar-refractivity contribution in [1.29, 1.82) is 0 Å². The average Bonchev–Trinajstić information content (AvgIpc) is 2.50. The van der Waals surface area contributed by atoms with Crippen molar-refractivity contribution in [3.8, 4) is 5.75 Å². The second-order valence-electron chi connectivity index (χ2n) is 5.11. The lowest BCUT2D eigenvalue weighted by molar-refractivity contribution is 0.102. The van der Waals surface area contributed by atoms with Gasteiger partial charge in [0, 0.05) is 23.5 Å². The quantitative estimate of drug-likeness (QED) is 0.836. The minimum absolute atomic E-state index is 0.281. The van der Waals surface area contributed by atoms with Crippen molar-refractivity contribution in [3.05, 3.63) is 57.3 Å². The predicted molar refractivity (Wildman–Crippen MR) is 94.5 cm³/mol. The minimum atomic E-state index is -0.314. The van der Waals surface area contributed by atoms with Gasteiger partial charge in [-0.25, -0.2) is 0 Å². The Morgan fingerprint density at radius 2 is 1.87 bits per heavy atom. The van der Waals surface area contributed by atoms with Gasteiger partial charge in [-0.2, -0.15) is 0 Å². The number of rotatable bonds is 4. The van der Waals surface area contributed by atoms with Crippen LogP contribution in [0.2, 0.25) is 10.0 Å². The molecule has 23 heavy (non-hydrogen) atoms. The molecule has 0 saturated heterocycles. The van der Waals surface area contributed by atoms with Crippen LogP contribution in [0.4, 0.5) is 5.69 Å². The number of ether oxygens (including phenoxy) is 1. The van der Waals surface area contributed by atoms with Gasteiger partial charge in [0.1, 0.15) is 5.75 Å². The minimum Gasteiger partial charge on any atom is -0.496 e. The molecule has 0 aliphatic heterocycles. The van der Waals surface area contributed by atoms with Gasteiger partial charge in [-0.3, -0.25) is 9.78 Å².